The Kier molecular flexibility index (Phi) is 7.49. The Bertz CT molecular complexity index is 558. The van der Waals surface area contributed by atoms with E-state index in [1.165, 1.54) is 0 Å². The molecule has 142 valence electrons. The second-order valence-corrected chi connectivity index (χ2v) is 7.10. The summed E-state index contributed by atoms with van der Waals surface area (Å²) in [5.41, 5.74) is -0.845. The van der Waals surface area contributed by atoms with Gasteiger partial charge in [0.1, 0.15) is 5.01 Å². The van der Waals surface area contributed by atoms with Crippen LogP contribution >= 0.6 is 11.3 Å². The normalized spacial score (nSPS) is 19.4. The molecule has 1 aliphatic rings. The van der Waals surface area contributed by atoms with Gasteiger partial charge in [-0.3, -0.25) is 0 Å². The lowest BCUT2D eigenvalue weighted by molar-refractivity contribution is -0.140. The number of guanidine groups is 1. The molecule has 0 aliphatic carbocycles. The van der Waals surface area contributed by atoms with E-state index in [1.807, 2.05) is 6.92 Å². The van der Waals surface area contributed by atoms with Crippen molar-refractivity contribution in [3.63, 3.8) is 0 Å². The van der Waals surface area contributed by atoms with E-state index in [4.69, 9.17) is 0 Å². The molecule has 25 heavy (non-hydrogen) atoms. The third kappa shape index (κ3) is 6.47. The van der Waals surface area contributed by atoms with Crippen molar-refractivity contribution < 1.29 is 13.2 Å². The fourth-order valence-corrected chi connectivity index (χ4v) is 3.57. The molecule has 1 aliphatic heterocycles. The molecule has 1 aromatic heterocycles. The van der Waals surface area contributed by atoms with Crippen molar-refractivity contribution in [3.8, 4) is 0 Å². The van der Waals surface area contributed by atoms with E-state index < -0.39 is 11.9 Å². The van der Waals surface area contributed by atoms with Crippen LogP contribution in [-0.4, -0.2) is 48.6 Å². The summed E-state index contributed by atoms with van der Waals surface area (Å²) in [5, 5.41) is 7.82. The molecule has 5 nitrogen and oxygen atoms in total. The molecular weight excluding hydrogens is 351 g/mol. The van der Waals surface area contributed by atoms with Gasteiger partial charge in [0, 0.05) is 25.0 Å². The lowest BCUT2D eigenvalue weighted by Gasteiger charge is -2.16. The van der Waals surface area contributed by atoms with E-state index in [0.717, 1.165) is 55.7 Å². The predicted molar refractivity (Wildman–Crippen MR) is 94.8 cm³/mol. The van der Waals surface area contributed by atoms with Gasteiger partial charge in [0.25, 0.3) is 0 Å². The average Bonchev–Trinajstić information content (AvgIpc) is 3.19. The Balaban J connectivity index is 1.85. The van der Waals surface area contributed by atoms with Crippen LogP contribution in [0.3, 0.4) is 0 Å². The van der Waals surface area contributed by atoms with Gasteiger partial charge >= 0.3 is 6.18 Å². The number of rotatable bonds is 7. The van der Waals surface area contributed by atoms with Crippen molar-refractivity contribution in [1.29, 1.82) is 0 Å². The summed E-state index contributed by atoms with van der Waals surface area (Å²) < 4.78 is 37.7. The maximum Gasteiger partial charge on any atom is 0.434 e. The zero-order valence-corrected chi connectivity index (χ0v) is 15.5. The van der Waals surface area contributed by atoms with Crippen LogP contribution in [-0.2, 0) is 12.7 Å². The predicted octanol–water partition coefficient (Wildman–Crippen LogP) is 2.95. The largest absolute Gasteiger partial charge is 0.434 e. The number of likely N-dealkylation sites (tertiary alicyclic amines) is 1. The summed E-state index contributed by atoms with van der Waals surface area (Å²) in [4.78, 5) is 10.4. The lowest BCUT2D eigenvalue weighted by atomic mass is 10.1. The Morgan fingerprint density at radius 3 is 2.84 bits per heavy atom. The van der Waals surface area contributed by atoms with Gasteiger partial charge in [0.2, 0.25) is 0 Å². The van der Waals surface area contributed by atoms with Gasteiger partial charge in [-0.25, -0.2) is 9.98 Å². The highest BCUT2D eigenvalue weighted by Crippen LogP contribution is 2.30. The summed E-state index contributed by atoms with van der Waals surface area (Å²) in [6.07, 6.45) is -2.07. The van der Waals surface area contributed by atoms with E-state index in [1.54, 1.807) is 0 Å². The molecule has 1 atom stereocenters. The SMILES string of the molecule is CCCN1CCC(CNC(=NCc2nc(C(F)(F)F)cs2)NCC)C1. The topological polar surface area (TPSA) is 52.5 Å². The third-order valence-corrected chi connectivity index (χ3v) is 4.86. The van der Waals surface area contributed by atoms with Gasteiger partial charge < -0.3 is 15.5 Å². The maximum absolute atomic E-state index is 12.6. The second-order valence-electron chi connectivity index (χ2n) is 6.16. The zero-order valence-electron chi connectivity index (χ0n) is 14.7. The quantitative estimate of drug-likeness (QED) is 0.567. The molecule has 1 aromatic rings. The number of aliphatic imine (C=N–C) groups is 1. The van der Waals surface area contributed by atoms with E-state index in [9.17, 15) is 13.2 Å². The van der Waals surface area contributed by atoms with E-state index in [-0.39, 0.29) is 6.54 Å². The molecule has 1 fully saturated rings. The molecule has 0 spiro atoms. The molecule has 1 unspecified atom stereocenters. The van der Waals surface area contributed by atoms with Crippen molar-refractivity contribution in [2.75, 3.05) is 32.7 Å². The Morgan fingerprint density at radius 2 is 2.20 bits per heavy atom. The van der Waals surface area contributed by atoms with E-state index in [0.29, 0.717) is 23.4 Å². The number of alkyl halides is 3. The Hall–Kier alpha value is -1.35. The summed E-state index contributed by atoms with van der Waals surface area (Å²) in [6.45, 7) is 9.15. The Morgan fingerprint density at radius 1 is 1.40 bits per heavy atom. The van der Waals surface area contributed by atoms with Gasteiger partial charge in [-0.05, 0) is 38.8 Å². The van der Waals surface area contributed by atoms with Gasteiger partial charge in [0.15, 0.2) is 11.7 Å². The van der Waals surface area contributed by atoms with Crippen LogP contribution in [0.2, 0.25) is 0 Å². The van der Waals surface area contributed by atoms with Crippen LogP contribution in [0, 0.1) is 5.92 Å². The number of hydrogen-bond acceptors (Lipinski definition) is 4. The first-order chi connectivity index (χ1) is 11.9. The molecule has 0 radical (unpaired) electrons. The molecular formula is C16H26F3N5S. The van der Waals surface area contributed by atoms with E-state index >= 15 is 0 Å². The molecule has 2 heterocycles. The van der Waals surface area contributed by atoms with Crippen molar-refractivity contribution in [3.05, 3.63) is 16.1 Å². The molecule has 2 rings (SSSR count). The van der Waals surface area contributed by atoms with Crippen molar-refractivity contribution in [2.24, 2.45) is 10.9 Å². The van der Waals surface area contributed by atoms with Crippen LogP contribution < -0.4 is 10.6 Å². The lowest BCUT2D eigenvalue weighted by Crippen LogP contribution is -2.40. The second kappa shape index (κ2) is 9.38. The number of aromatic nitrogens is 1. The first-order valence-electron chi connectivity index (χ1n) is 8.68. The number of nitrogens with one attached hydrogen (secondary N) is 2. The van der Waals surface area contributed by atoms with E-state index in [2.05, 4.69) is 32.4 Å². The molecule has 1 saturated heterocycles. The summed E-state index contributed by atoms with van der Waals surface area (Å²) >= 11 is 0.985. The molecule has 2 N–H and O–H groups in total. The summed E-state index contributed by atoms with van der Waals surface area (Å²) in [5.74, 6) is 1.20. The minimum absolute atomic E-state index is 0.142. The smallest absolute Gasteiger partial charge is 0.357 e. The van der Waals surface area contributed by atoms with Gasteiger partial charge in [-0.2, -0.15) is 13.2 Å². The van der Waals surface area contributed by atoms with Crippen LogP contribution in [0.15, 0.2) is 10.4 Å². The number of nitrogens with zero attached hydrogens (tertiary/aromatic N) is 3. The van der Waals surface area contributed by atoms with Gasteiger partial charge in [-0.15, -0.1) is 11.3 Å². The third-order valence-electron chi connectivity index (χ3n) is 4.03. The molecule has 0 saturated carbocycles. The minimum Gasteiger partial charge on any atom is -0.357 e. The fourth-order valence-electron chi connectivity index (χ4n) is 2.84. The first-order valence-corrected chi connectivity index (χ1v) is 9.56. The number of halogens is 3. The summed E-state index contributed by atoms with van der Waals surface area (Å²) in [6, 6.07) is 0. The Labute approximate surface area is 150 Å². The average molecular weight is 377 g/mol. The highest BCUT2D eigenvalue weighted by atomic mass is 32.1. The molecule has 0 bridgehead atoms. The number of hydrogen-bond donors (Lipinski definition) is 2. The monoisotopic (exact) mass is 377 g/mol. The summed E-state index contributed by atoms with van der Waals surface area (Å²) in [7, 11) is 0. The van der Waals surface area contributed by atoms with Crippen molar-refractivity contribution >= 4 is 17.3 Å². The van der Waals surface area contributed by atoms with Crippen LogP contribution in [0.25, 0.3) is 0 Å². The highest BCUT2D eigenvalue weighted by Gasteiger charge is 2.33. The fraction of sp³-hybridized carbons (Fsp3) is 0.750. The number of thiazole rings is 1. The molecule has 9 heteroatoms. The van der Waals surface area contributed by atoms with Crippen molar-refractivity contribution in [1.82, 2.24) is 20.5 Å². The van der Waals surface area contributed by atoms with Gasteiger partial charge in [0.05, 0.1) is 6.54 Å². The maximum atomic E-state index is 12.6. The van der Waals surface area contributed by atoms with Crippen molar-refractivity contribution in [2.45, 2.75) is 39.4 Å². The zero-order chi connectivity index (χ0) is 18.3. The van der Waals surface area contributed by atoms with Crippen LogP contribution in [0.4, 0.5) is 13.2 Å². The molecule has 0 aromatic carbocycles. The van der Waals surface area contributed by atoms with Crippen LogP contribution in [0.5, 0.6) is 0 Å². The molecule has 0 amide bonds. The minimum atomic E-state index is -4.39. The van der Waals surface area contributed by atoms with Gasteiger partial charge in [-0.1, -0.05) is 6.92 Å². The standard InChI is InChI=1S/C16H26F3N5S/c1-3-6-24-7-5-12(10-24)8-21-15(20-4-2)22-9-14-23-13(11-25-14)16(17,18)19/h11-12H,3-10H2,1-2H3,(H2,20,21,22). The highest BCUT2D eigenvalue weighted by molar-refractivity contribution is 7.09. The first kappa shape index (κ1) is 20.0. The van der Waals surface area contributed by atoms with Crippen LogP contribution in [0.1, 0.15) is 37.4 Å².